The van der Waals surface area contributed by atoms with E-state index >= 15 is 0 Å². The fraction of sp³-hybridized carbons (Fsp3) is 0.400. The van der Waals surface area contributed by atoms with Gasteiger partial charge in [-0.3, -0.25) is 4.79 Å². The van der Waals surface area contributed by atoms with Gasteiger partial charge in [0.1, 0.15) is 0 Å². The van der Waals surface area contributed by atoms with Gasteiger partial charge >= 0.3 is 0 Å². The Hall–Kier alpha value is -1.16. The third-order valence-electron chi connectivity index (χ3n) is 1.58. The molecule has 0 aliphatic rings. The molecule has 76 valence electrons. The zero-order chi connectivity index (χ0) is 10.4. The highest BCUT2D eigenvalue weighted by atomic mass is 32.1. The Balaban J connectivity index is 2.32. The van der Waals surface area contributed by atoms with Crippen molar-refractivity contribution in [2.75, 3.05) is 0 Å². The largest absolute Gasteiger partial charge is 0.281 e. The Morgan fingerprint density at radius 2 is 2.50 bits per heavy atom. The van der Waals surface area contributed by atoms with E-state index < -0.39 is 0 Å². The van der Waals surface area contributed by atoms with Crippen LogP contribution in [-0.2, 0) is 0 Å². The number of carbonyl (C=O) groups excluding carboxylic acids is 1. The molecule has 1 N–H and O–H groups in total. The highest BCUT2D eigenvalue weighted by molar-refractivity contribution is 7.12. The van der Waals surface area contributed by atoms with Crippen LogP contribution >= 0.6 is 11.3 Å². The molecular formula is C10H14N2OS. The number of thiophene rings is 1. The third-order valence-corrected chi connectivity index (χ3v) is 2.45. The minimum absolute atomic E-state index is 0.139. The Kier molecular flexibility index (Phi) is 4.32. The van der Waals surface area contributed by atoms with Crippen LogP contribution in [0.1, 0.15) is 29.9 Å². The van der Waals surface area contributed by atoms with Crippen molar-refractivity contribution in [1.82, 2.24) is 5.43 Å². The second-order valence-corrected chi connectivity index (χ2v) is 4.31. The van der Waals surface area contributed by atoms with Gasteiger partial charge in [0.15, 0.2) is 0 Å². The van der Waals surface area contributed by atoms with Crippen LogP contribution < -0.4 is 5.43 Å². The molecule has 0 aromatic carbocycles. The van der Waals surface area contributed by atoms with Gasteiger partial charge in [0.2, 0.25) is 0 Å². The quantitative estimate of drug-likeness (QED) is 0.602. The third kappa shape index (κ3) is 3.70. The summed E-state index contributed by atoms with van der Waals surface area (Å²) in [7, 11) is 0. The molecule has 0 fully saturated rings. The Morgan fingerprint density at radius 1 is 1.71 bits per heavy atom. The van der Waals surface area contributed by atoms with E-state index in [2.05, 4.69) is 24.4 Å². The van der Waals surface area contributed by atoms with Crippen molar-refractivity contribution in [3.63, 3.8) is 0 Å². The van der Waals surface area contributed by atoms with Crippen molar-refractivity contribution in [3.05, 3.63) is 22.4 Å². The first kappa shape index (κ1) is 10.9. The summed E-state index contributed by atoms with van der Waals surface area (Å²) in [6.45, 7) is 4.21. The number of rotatable bonds is 4. The van der Waals surface area contributed by atoms with Crippen molar-refractivity contribution in [2.24, 2.45) is 11.0 Å². The van der Waals surface area contributed by atoms with Crippen molar-refractivity contribution in [3.8, 4) is 0 Å². The first-order valence-corrected chi connectivity index (χ1v) is 5.43. The molecule has 1 aromatic heterocycles. The van der Waals surface area contributed by atoms with E-state index in [0.717, 1.165) is 6.42 Å². The van der Waals surface area contributed by atoms with Crippen molar-refractivity contribution in [1.29, 1.82) is 0 Å². The average Bonchev–Trinajstić information content (AvgIpc) is 2.64. The number of nitrogens with zero attached hydrogens (tertiary/aromatic N) is 1. The van der Waals surface area contributed by atoms with Crippen LogP contribution in [0.2, 0.25) is 0 Å². The van der Waals surface area contributed by atoms with Gasteiger partial charge in [-0.15, -0.1) is 11.3 Å². The molecule has 1 aromatic rings. The van der Waals surface area contributed by atoms with Crippen LogP contribution in [0.5, 0.6) is 0 Å². The lowest BCUT2D eigenvalue weighted by Crippen LogP contribution is -2.16. The topological polar surface area (TPSA) is 41.5 Å². The smallest absolute Gasteiger partial charge is 0.266 e. The van der Waals surface area contributed by atoms with Gasteiger partial charge in [-0.05, 0) is 23.8 Å². The van der Waals surface area contributed by atoms with Crippen LogP contribution in [0, 0.1) is 5.92 Å². The average molecular weight is 210 g/mol. The molecule has 0 saturated carbocycles. The second kappa shape index (κ2) is 5.54. The first-order chi connectivity index (χ1) is 6.70. The number of nitrogens with one attached hydrogen (secondary N) is 1. The predicted octanol–water partition coefficient (Wildman–Crippen LogP) is 2.51. The second-order valence-electron chi connectivity index (χ2n) is 3.36. The molecule has 0 unspecified atom stereocenters. The molecule has 0 saturated heterocycles. The molecule has 0 aliphatic heterocycles. The maximum atomic E-state index is 11.3. The highest BCUT2D eigenvalue weighted by Gasteiger charge is 2.03. The summed E-state index contributed by atoms with van der Waals surface area (Å²) in [5.74, 6) is 0.428. The molecule has 14 heavy (non-hydrogen) atoms. The Bertz CT molecular complexity index is 304. The molecule has 0 atom stereocenters. The molecule has 3 nitrogen and oxygen atoms in total. The summed E-state index contributed by atoms with van der Waals surface area (Å²) in [6.07, 6.45) is 2.61. The lowest BCUT2D eigenvalue weighted by molar-refractivity contribution is 0.0959. The van der Waals surface area contributed by atoms with Gasteiger partial charge in [0.25, 0.3) is 5.91 Å². The summed E-state index contributed by atoms with van der Waals surface area (Å²) in [4.78, 5) is 12.0. The van der Waals surface area contributed by atoms with Crippen LogP contribution in [0.25, 0.3) is 0 Å². The molecule has 1 heterocycles. The molecule has 0 spiro atoms. The lowest BCUT2D eigenvalue weighted by atomic mass is 10.2. The van der Waals surface area contributed by atoms with Gasteiger partial charge in [0, 0.05) is 6.21 Å². The summed E-state index contributed by atoms with van der Waals surface area (Å²) >= 11 is 1.41. The van der Waals surface area contributed by atoms with Crippen LogP contribution in [0.4, 0.5) is 0 Å². The normalized spacial score (nSPS) is 11.1. The van der Waals surface area contributed by atoms with Crippen molar-refractivity contribution >= 4 is 23.5 Å². The van der Waals surface area contributed by atoms with E-state index in [0.29, 0.717) is 10.8 Å². The molecule has 0 radical (unpaired) electrons. The summed E-state index contributed by atoms with van der Waals surface area (Å²) in [5.41, 5.74) is 2.48. The molecule has 1 amide bonds. The van der Waals surface area contributed by atoms with E-state index in [4.69, 9.17) is 0 Å². The number of hydrogen-bond acceptors (Lipinski definition) is 3. The van der Waals surface area contributed by atoms with Crippen LogP contribution in [0.15, 0.2) is 22.6 Å². The van der Waals surface area contributed by atoms with E-state index in [1.54, 1.807) is 12.3 Å². The first-order valence-electron chi connectivity index (χ1n) is 4.55. The van der Waals surface area contributed by atoms with Gasteiger partial charge in [0.05, 0.1) is 4.88 Å². The van der Waals surface area contributed by atoms with E-state index in [1.807, 2.05) is 11.4 Å². The zero-order valence-corrected chi connectivity index (χ0v) is 9.17. The fourth-order valence-electron chi connectivity index (χ4n) is 0.831. The summed E-state index contributed by atoms with van der Waals surface area (Å²) < 4.78 is 0. The van der Waals surface area contributed by atoms with Gasteiger partial charge in [-0.1, -0.05) is 19.9 Å². The Labute approximate surface area is 87.8 Å². The maximum Gasteiger partial charge on any atom is 0.281 e. The molecule has 4 heteroatoms. The monoisotopic (exact) mass is 210 g/mol. The Morgan fingerprint density at radius 3 is 3.07 bits per heavy atom. The highest BCUT2D eigenvalue weighted by Crippen LogP contribution is 2.07. The van der Waals surface area contributed by atoms with Gasteiger partial charge in [-0.25, -0.2) is 5.43 Å². The minimum Gasteiger partial charge on any atom is -0.266 e. The van der Waals surface area contributed by atoms with E-state index in [9.17, 15) is 4.79 Å². The van der Waals surface area contributed by atoms with Crippen LogP contribution in [-0.4, -0.2) is 12.1 Å². The number of hydrazone groups is 1. The molecular weight excluding hydrogens is 196 g/mol. The molecule has 1 rings (SSSR count). The SMILES string of the molecule is CC(C)C/C=N\NC(=O)c1cccs1. The van der Waals surface area contributed by atoms with E-state index in [1.165, 1.54) is 11.3 Å². The van der Waals surface area contributed by atoms with Crippen LogP contribution in [0.3, 0.4) is 0 Å². The minimum atomic E-state index is -0.139. The lowest BCUT2D eigenvalue weighted by Gasteiger charge is -1.97. The van der Waals surface area contributed by atoms with E-state index in [-0.39, 0.29) is 5.91 Å². The van der Waals surface area contributed by atoms with Crippen molar-refractivity contribution in [2.45, 2.75) is 20.3 Å². The summed E-state index contributed by atoms with van der Waals surface area (Å²) in [5, 5.41) is 5.72. The van der Waals surface area contributed by atoms with Gasteiger partial charge in [-0.2, -0.15) is 5.10 Å². The maximum absolute atomic E-state index is 11.3. The number of amides is 1. The molecule has 0 bridgehead atoms. The number of carbonyl (C=O) groups is 1. The zero-order valence-electron chi connectivity index (χ0n) is 8.36. The predicted molar refractivity (Wildman–Crippen MR) is 59.7 cm³/mol. The van der Waals surface area contributed by atoms with Crippen molar-refractivity contribution < 1.29 is 4.79 Å². The standard InChI is InChI=1S/C10H14N2OS/c1-8(2)5-6-11-12-10(13)9-4-3-7-14-9/h3-4,6-8H,5H2,1-2H3,(H,12,13)/b11-6-. The van der Waals surface area contributed by atoms with Gasteiger partial charge < -0.3 is 0 Å². The number of hydrogen-bond donors (Lipinski definition) is 1. The summed E-state index contributed by atoms with van der Waals surface area (Å²) in [6, 6.07) is 3.62. The fourth-order valence-corrected chi connectivity index (χ4v) is 1.44. The molecule has 0 aliphatic carbocycles.